The molecular formula is C20H29N3O2. The highest BCUT2D eigenvalue weighted by Crippen LogP contribution is 2.60. The van der Waals surface area contributed by atoms with Crippen molar-refractivity contribution in [3.05, 3.63) is 11.8 Å². The fourth-order valence-corrected chi connectivity index (χ4v) is 6.63. The zero-order valence-electron chi connectivity index (χ0n) is 15.0. The van der Waals surface area contributed by atoms with Gasteiger partial charge >= 0.3 is 0 Å². The van der Waals surface area contributed by atoms with Crippen molar-refractivity contribution in [1.29, 1.82) is 0 Å². The zero-order chi connectivity index (χ0) is 16.9. The molecule has 136 valence electrons. The summed E-state index contributed by atoms with van der Waals surface area (Å²) in [5, 5.41) is 9.07. The molecule has 2 heterocycles. The van der Waals surface area contributed by atoms with E-state index in [0.717, 1.165) is 68.3 Å². The van der Waals surface area contributed by atoms with Crippen LogP contribution in [0.1, 0.15) is 75.5 Å². The van der Waals surface area contributed by atoms with Gasteiger partial charge in [-0.3, -0.25) is 0 Å². The molecule has 0 aromatic carbocycles. The lowest BCUT2D eigenvalue weighted by molar-refractivity contribution is -0.108. The predicted molar refractivity (Wildman–Crippen MR) is 93.2 cm³/mol. The average Bonchev–Trinajstić information content (AvgIpc) is 3.10. The van der Waals surface area contributed by atoms with Crippen LogP contribution in [-0.2, 0) is 10.2 Å². The third kappa shape index (κ3) is 2.84. The first-order valence-corrected chi connectivity index (χ1v) is 10.2. The van der Waals surface area contributed by atoms with Gasteiger partial charge in [0.2, 0.25) is 11.8 Å². The first-order valence-electron chi connectivity index (χ1n) is 10.2. The normalized spacial score (nSPS) is 38.3. The Hall–Kier alpha value is -1.23. The summed E-state index contributed by atoms with van der Waals surface area (Å²) in [7, 11) is 0. The SMILES string of the molecule is O=CCCN1CCC(c2nnc(C34CC5CC(CC(C5)C3)C4)o2)CC1. The Morgan fingerprint density at radius 1 is 1.04 bits per heavy atom. The molecule has 5 aliphatic rings. The van der Waals surface area contributed by atoms with Crippen molar-refractivity contribution in [2.75, 3.05) is 19.6 Å². The molecule has 5 fully saturated rings. The van der Waals surface area contributed by atoms with Gasteiger partial charge in [-0.05, 0) is 82.2 Å². The number of likely N-dealkylation sites (tertiary alicyclic amines) is 1. The van der Waals surface area contributed by atoms with Crippen molar-refractivity contribution >= 4 is 6.29 Å². The third-order valence-corrected chi connectivity index (χ3v) is 7.43. The highest BCUT2D eigenvalue weighted by molar-refractivity contribution is 5.49. The van der Waals surface area contributed by atoms with E-state index < -0.39 is 0 Å². The van der Waals surface area contributed by atoms with E-state index in [1.54, 1.807) is 0 Å². The maximum absolute atomic E-state index is 10.5. The smallest absolute Gasteiger partial charge is 0.222 e. The second kappa shape index (κ2) is 6.19. The summed E-state index contributed by atoms with van der Waals surface area (Å²) in [5.74, 6) is 4.96. The molecule has 1 aromatic rings. The standard InChI is InChI=1S/C20H29N3O2/c24-7-1-4-23-5-2-17(3-6-23)18-21-22-19(25-18)20-11-14-8-15(12-20)10-16(9-14)13-20/h7,14-17H,1-6,8-13H2. The number of carbonyl (C=O) groups excluding carboxylic acids is 1. The summed E-state index contributed by atoms with van der Waals surface area (Å²) >= 11 is 0. The molecule has 4 aliphatic carbocycles. The van der Waals surface area contributed by atoms with Gasteiger partial charge in [-0.15, -0.1) is 10.2 Å². The van der Waals surface area contributed by atoms with Crippen molar-refractivity contribution in [3.63, 3.8) is 0 Å². The van der Waals surface area contributed by atoms with Crippen LogP contribution in [0.5, 0.6) is 0 Å². The summed E-state index contributed by atoms with van der Waals surface area (Å²) in [6, 6.07) is 0. The fraction of sp³-hybridized carbons (Fsp3) is 0.850. The third-order valence-electron chi connectivity index (χ3n) is 7.43. The monoisotopic (exact) mass is 343 g/mol. The topological polar surface area (TPSA) is 59.2 Å². The number of hydrogen-bond donors (Lipinski definition) is 0. The van der Waals surface area contributed by atoms with Crippen LogP contribution < -0.4 is 0 Å². The fourth-order valence-electron chi connectivity index (χ4n) is 6.63. The van der Waals surface area contributed by atoms with E-state index in [0.29, 0.717) is 12.3 Å². The second-order valence-corrected chi connectivity index (χ2v) is 9.21. The molecule has 0 unspecified atom stereocenters. The number of nitrogens with zero attached hydrogens (tertiary/aromatic N) is 3. The molecule has 0 atom stereocenters. The number of piperidine rings is 1. The minimum atomic E-state index is 0.213. The van der Waals surface area contributed by atoms with Crippen LogP contribution in [0.2, 0.25) is 0 Å². The van der Waals surface area contributed by atoms with Crippen LogP contribution >= 0.6 is 0 Å². The Morgan fingerprint density at radius 3 is 2.28 bits per heavy atom. The van der Waals surface area contributed by atoms with E-state index in [-0.39, 0.29) is 5.41 Å². The summed E-state index contributed by atoms with van der Waals surface area (Å²) in [5.41, 5.74) is 0.213. The van der Waals surface area contributed by atoms with Gasteiger partial charge in [0.1, 0.15) is 6.29 Å². The summed E-state index contributed by atoms with van der Waals surface area (Å²) in [6.45, 7) is 2.96. The van der Waals surface area contributed by atoms with Crippen molar-refractivity contribution in [3.8, 4) is 0 Å². The summed E-state index contributed by atoms with van der Waals surface area (Å²) in [6.07, 6.45) is 12.0. The minimum Gasteiger partial charge on any atom is -0.424 e. The molecule has 1 saturated heterocycles. The molecule has 25 heavy (non-hydrogen) atoms. The van der Waals surface area contributed by atoms with E-state index in [9.17, 15) is 4.79 Å². The van der Waals surface area contributed by atoms with Gasteiger partial charge in [0.05, 0.1) is 0 Å². The van der Waals surface area contributed by atoms with E-state index in [1.807, 2.05) is 0 Å². The van der Waals surface area contributed by atoms with Gasteiger partial charge < -0.3 is 14.1 Å². The maximum Gasteiger partial charge on any atom is 0.222 e. The molecular weight excluding hydrogens is 314 g/mol. The van der Waals surface area contributed by atoms with E-state index >= 15 is 0 Å². The van der Waals surface area contributed by atoms with Crippen LogP contribution in [0.25, 0.3) is 0 Å². The molecule has 5 heteroatoms. The van der Waals surface area contributed by atoms with E-state index in [2.05, 4.69) is 15.1 Å². The van der Waals surface area contributed by atoms with E-state index in [1.165, 1.54) is 38.5 Å². The van der Waals surface area contributed by atoms with Crippen LogP contribution in [0, 0.1) is 17.8 Å². The Bertz CT molecular complexity index is 597. The number of hydrogen-bond acceptors (Lipinski definition) is 5. The summed E-state index contributed by atoms with van der Waals surface area (Å²) in [4.78, 5) is 12.9. The summed E-state index contributed by atoms with van der Waals surface area (Å²) < 4.78 is 6.33. The highest BCUT2D eigenvalue weighted by atomic mass is 16.4. The first kappa shape index (κ1) is 16.0. The van der Waals surface area contributed by atoms with Crippen LogP contribution in [0.15, 0.2) is 4.42 Å². The molecule has 0 radical (unpaired) electrons. The Balaban J connectivity index is 1.28. The van der Waals surface area contributed by atoms with Gasteiger partial charge in [0.15, 0.2) is 0 Å². The lowest BCUT2D eigenvalue weighted by atomic mass is 9.49. The molecule has 5 nitrogen and oxygen atoms in total. The molecule has 6 rings (SSSR count). The lowest BCUT2D eigenvalue weighted by Gasteiger charge is -2.55. The Kier molecular flexibility index (Phi) is 3.95. The largest absolute Gasteiger partial charge is 0.424 e. The number of carbonyl (C=O) groups is 1. The van der Waals surface area contributed by atoms with Crippen molar-refractivity contribution in [2.45, 2.75) is 69.1 Å². The molecule has 0 N–H and O–H groups in total. The predicted octanol–water partition coefficient (Wildman–Crippen LogP) is 3.31. The number of aldehydes is 1. The van der Waals surface area contributed by atoms with Gasteiger partial charge in [-0.2, -0.15) is 0 Å². The molecule has 1 aliphatic heterocycles. The van der Waals surface area contributed by atoms with Crippen LogP contribution in [0.4, 0.5) is 0 Å². The van der Waals surface area contributed by atoms with Gasteiger partial charge in [0, 0.05) is 24.3 Å². The van der Waals surface area contributed by atoms with Crippen molar-refractivity contribution in [1.82, 2.24) is 15.1 Å². The molecule has 4 bridgehead atoms. The average molecular weight is 343 g/mol. The maximum atomic E-state index is 10.5. The highest BCUT2D eigenvalue weighted by Gasteiger charge is 2.54. The van der Waals surface area contributed by atoms with E-state index in [4.69, 9.17) is 4.42 Å². The Labute approximate surface area is 149 Å². The lowest BCUT2D eigenvalue weighted by Crippen LogP contribution is -2.48. The van der Waals surface area contributed by atoms with Crippen LogP contribution in [-0.4, -0.2) is 41.0 Å². The van der Waals surface area contributed by atoms with Gasteiger partial charge in [-0.25, -0.2) is 0 Å². The second-order valence-electron chi connectivity index (χ2n) is 9.21. The first-order chi connectivity index (χ1) is 12.2. The molecule has 1 aromatic heterocycles. The number of rotatable bonds is 5. The molecule has 0 amide bonds. The van der Waals surface area contributed by atoms with Crippen molar-refractivity contribution in [2.24, 2.45) is 17.8 Å². The quantitative estimate of drug-likeness (QED) is 0.768. The van der Waals surface area contributed by atoms with Crippen molar-refractivity contribution < 1.29 is 9.21 Å². The minimum absolute atomic E-state index is 0.213. The van der Waals surface area contributed by atoms with Gasteiger partial charge in [-0.1, -0.05) is 0 Å². The molecule has 4 saturated carbocycles. The Morgan fingerprint density at radius 2 is 1.68 bits per heavy atom. The number of aromatic nitrogens is 2. The zero-order valence-corrected chi connectivity index (χ0v) is 15.0. The molecule has 0 spiro atoms. The van der Waals surface area contributed by atoms with Crippen LogP contribution in [0.3, 0.4) is 0 Å². The van der Waals surface area contributed by atoms with Gasteiger partial charge in [0.25, 0.3) is 0 Å².